The Kier molecular flexibility index (Phi) is 3.37. The molecule has 17 heavy (non-hydrogen) atoms. The van der Waals surface area contributed by atoms with Gasteiger partial charge in [0.15, 0.2) is 0 Å². The lowest BCUT2D eigenvalue weighted by atomic mass is 10.0. The van der Waals surface area contributed by atoms with Crippen molar-refractivity contribution < 1.29 is 14.0 Å². The standard InChI is InChI=1S/C12H13FN2O2/c1-2-14-12(16)11-7-10(15-17-11)8-5-3-4-6-9(8)13/h3-6,11H,2,7H2,1H3,(H,14,16). The molecule has 0 spiro atoms. The van der Waals surface area contributed by atoms with Gasteiger partial charge in [-0.25, -0.2) is 4.39 Å². The molecule has 0 aromatic heterocycles. The second-order valence-electron chi connectivity index (χ2n) is 3.71. The lowest BCUT2D eigenvalue weighted by molar-refractivity contribution is -0.131. The van der Waals surface area contributed by atoms with Crippen molar-refractivity contribution in [3.63, 3.8) is 0 Å². The third-order valence-electron chi connectivity index (χ3n) is 2.50. The molecule has 1 N–H and O–H groups in total. The molecule has 1 aromatic carbocycles. The van der Waals surface area contributed by atoms with Crippen LogP contribution >= 0.6 is 0 Å². The summed E-state index contributed by atoms with van der Waals surface area (Å²) in [7, 11) is 0. The van der Waals surface area contributed by atoms with Crippen LogP contribution in [0.5, 0.6) is 0 Å². The number of benzene rings is 1. The van der Waals surface area contributed by atoms with Crippen LogP contribution in [0.4, 0.5) is 4.39 Å². The van der Waals surface area contributed by atoms with E-state index in [9.17, 15) is 9.18 Å². The highest BCUT2D eigenvalue weighted by molar-refractivity contribution is 6.04. The molecule has 1 atom stereocenters. The fourth-order valence-electron chi connectivity index (χ4n) is 1.66. The minimum absolute atomic E-state index is 0.220. The molecular formula is C12H13FN2O2. The highest BCUT2D eigenvalue weighted by Gasteiger charge is 2.29. The zero-order valence-electron chi connectivity index (χ0n) is 9.44. The maximum atomic E-state index is 13.5. The summed E-state index contributed by atoms with van der Waals surface area (Å²) in [6.07, 6.45) is -0.350. The number of likely N-dealkylation sites (N-methyl/N-ethyl adjacent to an activating group) is 1. The lowest BCUT2D eigenvalue weighted by Crippen LogP contribution is -2.34. The summed E-state index contributed by atoms with van der Waals surface area (Å²) in [4.78, 5) is 16.5. The van der Waals surface area contributed by atoms with Crippen molar-refractivity contribution in [1.29, 1.82) is 0 Å². The summed E-state index contributed by atoms with van der Waals surface area (Å²) in [6, 6.07) is 6.31. The molecule has 1 aromatic rings. The van der Waals surface area contributed by atoms with Gasteiger partial charge in [0.1, 0.15) is 5.82 Å². The summed E-state index contributed by atoms with van der Waals surface area (Å²) >= 11 is 0. The highest BCUT2D eigenvalue weighted by atomic mass is 19.1. The average Bonchev–Trinajstić information content (AvgIpc) is 2.79. The second kappa shape index (κ2) is 4.95. The van der Waals surface area contributed by atoms with Crippen molar-refractivity contribution in [2.24, 2.45) is 5.16 Å². The summed E-state index contributed by atoms with van der Waals surface area (Å²) in [5.74, 6) is -0.575. The number of oxime groups is 1. The van der Waals surface area contributed by atoms with E-state index >= 15 is 0 Å². The van der Waals surface area contributed by atoms with Gasteiger partial charge in [0.05, 0.1) is 5.71 Å². The Hall–Kier alpha value is -1.91. The van der Waals surface area contributed by atoms with Crippen molar-refractivity contribution in [3.8, 4) is 0 Å². The second-order valence-corrected chi connectivity index (χ2v) is 3.71. The molecule has 1 amide bonds. The van der Waals surface area contributed by atoms with Gasteiger partial charge >= 0.3 is 0 Å². The zero-order chi connectivity index (χ0) is 12.3. The Morgan fingerprint density at radius 3 is 3.06 bits per heavy atom. The number of nitrogens with zero attached hydrogens (tertiary/aromatic N) is 1. The molecule has 2 rings (SSSR count). The first-order valence-electron chi connectivity index (χ1n) is 5.47. The van der Waals surface area contributed by atoms with Crippen molar-refractivity contribution >= 4 is 11.6 Å². The Morgan fingerprint density at radius 1 is 1.59 bits per heavy atom. The minimum Gasteiger partial charge on any atom is -0.382 e. The molecule has 0 aliphatic carbocycles. The number of amides is 1. The summed E-state index contributed by atoms with van der Waals surface area (Å²) in [5, 5.41) is 6.41. The monoisotopic (exact) mass is 236 g/mol. The van der Waals surface area contributed by atoms with Gasteiger partial charge in [-0.3, -0.25) is 4.79 Å². The van der Waals surface area contributed by atoms with Crippen LogP contribution in [0.15, 0.2) is 29.4 Å². The van der Waals surface area contributed by atoms with Crippen LogP contribution in [0.1, 0.15) is 18.9 Å². The van der Waals surface area contributed by atoms with E-state index in [1.54, 1.807) is 18.2 Å². The molecular weight excluding hydrogens is 223 g/mol. The molecule has 1 heterocycles. The van der Waals surface area contributed by atoms with Crippen molar-refractivity contribution in [3.05, 3.63) is 35.6 Å². The average molecular weight is 236 g/mol. The van der Waals surface area contributed by atoms with Crippen molar-refractivity contribution in [2.75, 3.05) is 6.54 Å². The maximum absolute atomic E-state index is 13.5. The first kappa shape index (κ1) is 11.6. The van der Waals surface area contributed by atoms with Gasteiger partial charge in [-0.15, -0.1) is 0 Å². The summed E-state index contributed by atoms with van der Waals surface area (Å²) < 4.78 is 13.5. The summed E-state index contributed by atoms with van der Waals surface area (Å²) in [5.41, 5.74) is 0.860. The van der Waals surface area contributed by atoms with E-state index in [1.165, 1.54) is 6.07 Å². The number of nitrogens with one attached hydrogen (secondary N) is 1. The molecule has 90 valence electrons. The lowest BCUT2D eigenvalue weighted by Gasteiger charge is -2.07. The van der Waals surface area contributed by atoms with Crippen LogP contribution in [0, 0.1) is 5.82 Å². The topological polar surface area (TPSA) is 50.7 Å². The number of carbonyl (C=O) groups is 1. The molecule has 0 fully saturated rings. The molecule has 0 saturated carbocycles. The number of halogens is 1. The number of hydrogen-bond donors (Lipinski definition) is 1. The molecule has 1 unspecified atom stereocenters. The van der Waals surface area contributed by atoms with E-state index in [-0.39, 0.29) is 11.7 Å². The van der Waals surface area contributed by atoms with Crippen molar-refractivity contribution in [2.45, 2.75) is 19.4 Å². The largest absolute Gasteiger partial charge is 0.382 e. The molecule has 0 saturated heterocycles. The molecule has 0 bridgehead atoms. The van der Waals surface area contributed by atoms with Crippen LogP contribution in [0.3, 0.4) is 0 Å². The number of carbonyl (C=O) groups excluding carboxylic acids is 1. The Bertz CT molecular complexity index is 460. The summed E-state index contributed by atoms with van der Waals surface area (Å²) in [6.45, 7) is 2.36. The van der Waals surface area contributed by atoms with Crippen LogP contribution < -0.4 is 5.32 Å². The van der Waals surface area contributed by atoms with E-state index in [1.807, 2.05) is 6.92 Å². The van der Waals surface area contributed by atoms with Gasteiger partial charge in [0.2, 0.25) is 6.10 Å². The van der Waals surface area contributed by atoms with E-state index in [0.29, 0.717) is 24.2 Å². The Balaban J connectivity index is 2.08. The SMILES string of the molecule is CCNC(=O)C1CC(c2ccccc2F)=NO1. The third kappa shape index (κ3) is 2.43. The predicted octanol–water partition coefficient (Wildman–Crippen LogP) is 1.45. The van der Waals surface area contributed by atoms with Crippen LogP contribution in [-0.4, -0.2) is 24.3 Å². The zero-order valence-corrected chi connectivity index (χ0v) is 9.44. The van der Waals surface area contributed by atoms with Crippen LogP contribution in [-0.2, 0) is 9.63 Å². The predicted molar refractivity (Wildman–Crippen MR) is 61.1 cm³/mol. The minimum atomic E-state index is -0.649. The molecule has 1 aliphatic heterocycles. The smallest absolute Gasteiger partial charge is 0.264 e. The third-order valence-corrected chi connectivity index (χ3v) is 2.50. The van der Waals surface area contributed by atoms with E-state index in [2.05, 4.69) is 10.5 Å². The fraction of sp³-hybridized carbons (Fsp3) is 0.333. The number of hydrogen-bond acceptors (Lipinski definition) is 3. The Morgan fingerprint density at radius 2 is 2.35 bits per heavy atom. The van der Waals surface area contributed by atoms with Gasteiger partial charge < -0.3 is 10.2 Å². The molecule has 1 aliphatic rings. The van der Waals surface area contributed by atoms with Crippen LogP contribution in [0.25, 0.3) is 0 Å². The van der Waals surface area contributed by atoms with E-state index < -0.39 is 6.10 Å². The van der Waals surface area contributed by atoms with Crippen LogP contribution in [0.2, 0.25) is 0 Å². The van der Waals surface area contributed by atoms with E-state index in [4.69, 9.17) is 4.84 Å². The van der Waals surface area contributed by atoms with Gasteiger partial charge in [-0.1, -0.05) is 23.4 Å². The van der Waals surface area contributed by atoms with Gasteiger partial charge in [0.25, 0.3) is 5.91 Å². The van der Waals surface area contributed by atoms with Crippen molar-refractivity contribution in [1.82, 2.24) is 5.32 Å². The Labute approximate surface area is 98.5 Å². The van der Waals surface area contributed by atoms with Gasteiger partial charge in [-0.2, -0.15) is 0 Å². The van der Waals surface area contributed by atoms with E-state index in [0.717, 1.165) is 0 Å². The first-order valence-corrected chi connectivity index (χ1v) is 5.47. The molecule has 0 radical (unpaired) electrons. The highest BCUT2D eigenvalue weighted by Crippen LogP contribution is 2.18. The fourth-order valence-corrected chi connectivity index (χ4v) is 1.66. The first-order chi connectivity index (χ1) is 8.22. The number of rotatable bonds is 3. The maximum Gasteiger partial charge on any atom is 0.264 e. The molecule has 4 nitrogen and oxygen atoms in total. The quantitative estimate of drug-likeness (QED) is 0.863. The molecule has 5 heteroatoms. The van der Waals surface area contributed by atoms with Gasteiger partial charge in [0, 0.05) is 18.5 Å². The van der Waals surface area contributed by atoms with Gasteiger partial charge in [-0.05, 0) is 13.0 Å². The normalized spacial score (nSPS) is 18.5.